The first kappa shape index (κ1) is 14.0. The highest BCUT2D eigenvalue weighted by Gasteiger charge is 2.29. The third-order valence-electron chi connectivity index (χ3n) is 3.63. The number of aromatic hydroxyl groups is 3. The molecule has 0 unspecified atom stereocenters. The van der Waals surface area contributed by atoms with E-state index in [-0.39, 0.29) is 46.5 Å². The van der Waals surface area contributed by atoms with E-state index in [2.05, 4.69) is 0 Å². The number of rotatable bonds is 1. The van der Waals surface area contributed by atoms with E-state index in [1.807, 2.05) is 0 Å². The predicted molar refractivity (Wildman–Crippen MR) is 80.4 cm³/mol. The molecule has 3 N–H and O–H groups in total. The van der Waals surface area contributed by atoms with Crippen LogP contribution >= 0.6 is 0 Å². The molecule has 1 aliphatic rings. The zero-order chi connectivity index (χ0) is 15.9. The van der Waals surface area contributed by atoms with Gasteiger partial charge in [0.1, 0.15) is 35.2 Å². The number of phenols is 3. The number of fused-ring (bicyclic) bond motifs is 1. The minimum atomic E-state index is -0.338. The number of ether oxygens (including phenoxy) is 1. The molecule has 2 aromatic rings. The first-order chi connectivity index (χ1) is 10.5. The Morgan fingerprint density at radius 1 is 1.14 bits per heavy atom. The van der Waals surface area contributed by atoms with Crippen LogP contribution in [0.1, 0.15) is 21.5 Å². The minimum absolute atomic E-state index is 0.0502. The van der Waals surface area contributed by atoms with Gasteiger partial charge >= 0.3 is 0 Å². The third kappa shape index (κ3) is 2.26. The first-order valence-corrected chi connectivity index (χ1v) is 6.70. The summed E-state index contributed by atoms with van der Waals surface area (Å²) in [6, 6.07) is 7.72. The molecular weight excluding hydrogens is 284 g/mol. The lowest BCUT2D eigenvalue weighted by molar-refractivity contribution is 0.0997. The summed E-state index contributed by atoms with van der Waals surface area (Å²) in [7, 11) is 0. The van der Waals surface area contributed by atoms with Crippen LogP contribution in [-0.2, 0) is 0 Å². The highest BCUT2D eigenvalue weighted by atomic mass is 16.5. The van der Waals surface area contributed by atoms with Crippen LogP contribution in [0, 0.1) is 6.92 Å². The van der Waals surface area contributed by atoms with Crippen molar-refractivity contribution in [3.63, 3.8) is 0 Å². The lowest BCUT2D eigenvalue weighted by Gasteiger charge is -2.21. The van der Waals surface area contributed by atoms with E-state index in [0.717, 1.165) is 5.56 Å². The number of hydrogen-bond acceptors (Lipinski definition) is 5. The van der Waals surface area contributed by atoms with Gasteiger partial charge in [-0.25, -0.2) is 0 Å². The van der Waals surface area contributed by atoms with E-state index in [0.29, 0.717) is 5.57 Å². The van der Waals surface area contributed by atoms with Crippen LogP contribution < -0.4 is 4.74 Å². The first-order valence-electron chi connectivity index (χ1n) is 6.70. The molecule has 0 radical (unpaired) electrons. The van der Waals surface area contributed by atoms with E-state index in [4.69, 9.17) is 4.74 Å². The quantitative estimate of drug-likeness (QED) is 0.705. The van der Waals surface area contributed by atoms with Crippen molar-refractivity contribution in [3.05, 3.63) is 52.6 Å². The molecule has 1 aliphatic heterocycles. The van der Waals surface area contributed by atoms with Crippen LogP contribution in [0.3, 0.4) is 0 Å². The second-order valence-electron chi connectivity index (χ2n) is 5.12. The molecule has 0 bridgehead atoms. The van der Waals surface area contributed by atoms with Gasteiger partial charge in [-0.1, -0.05) is 12.1 Å². The Morgan fingerprint density at radius 2 is 1.82 bits per heavy atom. The van der Waals surface area contributed by atoms with Crippen LogP contribution in [0.2, 0.25) is 0 Å². The maximum atomic E-state index is 12.5. The molecule has 5 nitrogen and oxygen atoms in total. The second-order valence-corrected chi connectivity index (χ2v) is 5.12. The molecule has 0 atom stereocenters. The topological polar surface area (TPSA) is 87.0 Å². The van der Waals surface area contributed by atoms with Gasteiger partial charge < -0.3 is 20.1 Å². The summed E-state index contributed by atoms with van der Waals surface area (Å²) < 4.78 is 5.46. The predicted octanol–water partition coefficient (Wildman–Crippen LogP) is 2.77. The average Bonchev–Trinajstić information content (AvgIpc) is 2.50. The van der Waals surface area contributed by atoms with Crippen molar-refractivity contribution in [3.8, 4) is 23.0 Å². The summed E-state index contributed by atoms with van der Waals surface area (Å²) in [6.07, 6.45) is 1.65. The Hall–Kier alpha value is -2.95. The molecule has 0 aromatic heterocycles. The van der Waals surface area contributed by atoms with Gasteiger partial charge in [-0.2, -0.15) is 0 Å². The summed E-state index contributed by atoms with van der Waals surface area (Å²) in [5.41, 5.74) is 1.43. The summed E-state index contributed by atoms with van der Waals surface area (Å²) in [5, 5.41) is 29.0. The molecule has 0 saturated heterocycles. The van der Waals surface area contributed by atoms with E-state index < -0.39 is 0 Å². The van der Waals surface area contributed by atoms with Crippen LogP contribution in [0.25, 0.3) is 6.08 Å². The lowest BCUT2D eigenvalue weighted by Crippen LogP contribution is -2.19. The number of carbonyl (C=O) groups excluding carboxylic acids is 1. The van der Waals surface area contributed by atoms with E-state index >= 15 is 0 Å². The van der Waals surface area contributed by atoms with Gasteiger partial charge in [-0.15, -0.1) is 0 Å². The zero-order valence-corrected chi connectivity index (χ0v) is 11.8. The maximum Gasteiger partial charge on any atom is 0.199 e. The smallest absolute Gasteiger partial charge is 0.199 e. The molecule has 112 valence electrons. The van der Waals surface area contributed by atoms with Gasteiger partial charge in [0.2, 0.25) is 0 Å². The largest absolute Gasteiger partial charge is 0.508 e. The van der Waals surface area contributed by atoms with Crippen LogP contribution in [0.5, 0.6) is 23.0 Å². The number of ketones is 1. The summed E-state index contributed by atoms with van der Waals surface area (Å²) >= 11 is 0. The molecule has 2 aromatic carbocycles. The highest BCUT2D eigenvalue weighted by Crippen LogP contribution is 2.41. The molecule has 0 aliphatic carbocycles. The third-order valence-corrected chi connectivity index (χ3v) is 3.63. The Morgan fingerprint density at radius 3 is 2.50 bits per heavy atom. The van der Waals surface area contributed by atoms with Crippen LogP contribution in [-0.4, -0.2) is 27.7 Å². The lowest BCUT2D eigenvalue weighted by atomic mass is 9.95. The maximum absolute atomic E-state index is 12.5. The number of Topliss-reactive ketones (excluding diaryl/α,β-unsaturated/α-hetero) is 1. The molecule has 0 saturated carbocycles. The Balaban J connectivity index is 2.04. The van der Waals surface area contributed by atoms with Gasteiger partial charge in [0, 0.05) is 17.2 Å². The van der Waals surface area contributed by atoms with E-state index in [9.17, 15) is 20.1 Å². The van der Waals surface area contributed by atoms with Crippen molar-refractivity contribution in [1.29, 1.82) is 0 Å². The van der Waals surface area contributed by atoms with Crippen LogP contribution in [0.4, 0.5) is 0 Å². The summed E-state index contributed by atoms with van der Waals surface area (Å²) in [6.45, 7) is 1.57. The van der Waals surface area contributed by atoms with Gasteiger partial charge in [-0.3, -0.25) is 4.79 Å². The number of phenolic OH excluding ortho intramolecular Hbond substituents is 3. The van der Waals surface area contributed by atoms with Crippen molar-refractivity contribution in [2.75, 3.05) is 6.61 Å². The van der Waals surface area contributed by atoms with Crippen molar-refractivity contribution < 1.29 is 24.9 Å². The monoisotopic (exact) mass is 298 g/mol. The van der Waals surface area contributed by atoms with Gasteiger partial charge in [0.05, 0.1) is 0 Å². The molecule has 0 spiro atoms. The SMILES string of the molecule is Cc1c(O)cc2c(c1O)C(=O)/C(=C/c1ccc(O)cc1)CO2. The number of benzene rings is 2. The molecule has 0 amide bonds. The molecule has 0 fully saturated rings. The van der Waals surface area contributed by atoms with E-state index in [1.165, 1.54) is 25.1 Å². The second kappa shape index (κ2) is 5.11. The zero-order valence-electron chi connectivity index (χ0n) is 11.8. The Bertz CT molecular complexity index is 788. The molecule has 22 heavy (non-hydrogen) atoms. The summed E-state index contributed by atoms with van der Waals surface area (Å²) in [5.74, 6) is -0.405. The van der Waals surface area contributed by atoms with Gasteiger partial charge in [0.25, 0.3) is 0 Å². The minimum Gasteiger partial charge on any atom is -0.508 e. The van der Waals surface area contributed by atoms with Gasteiger partial charge in [0.15, 0.2) is 5.78 Å². The fourth-order valence-corrected chi connectivity index (χ4v) is 2.32. The molecule has 3 rings (SSSR count). The molecule has 1 heterocycles. The van der Waals surface area contributed by atoms with Crippen molar-refractivity contribution in [2.45, 2.75) is 6.92 Å². The molecular formula is C17H14O5. The van der Waals surface area contributed by atoms with Crippen molar-refractivity contribution in [1.82, 2.24) is 0 Å². The normalized spacial score (nSPS) is 15.5. The summed E-state index contributed by atoms with van der Waals surface area (Å²) in [4.78, 5) is 12.5. The Kier molecular flexibility index (Phi) is 3.25. The standard InChI is InChI=1S/C17H14O5/c1-9-13(19)7-14-15(16(9)20)17(21)11(8-22-14)6-10-2-4-12(18)5-3-10/h2-7,18-20H,8H2,1H3/b11-6+. The number of hydrogen-bond donors (Lipinski definition) is 3. The van der Waals surface area contributed by atoms with Crippen molar-refractivity contribution in [2.24, 2.45) is 0 Å². The average molecular weight is 298 g/mol. The highest BCUT2D eigenvalue weighted by molar-refractivity contribution is 6.16. The van der Waals surface area contributed by atoms with E-state index in [1.54, 1.807) is 18.2 Å². The van der Waals surface area contributed by atoms with Gasteiger partial charge in [-0.05, 0) is 30.7 Å². The fourth-order valence-electron chi connectivity index (χ4n) is 2.32. The van der Waals surface area contributed by atoms with Crippen molar-refractivity contribution >= 4 is 11.9 Å². The fraction of sp³-hybridized carbons (Fsp3) is 0.118. The van der Waals surface area contributed by atoms with Crippen LogP contribution in [0.15, 0.2) is 35.9 Å². The molecule has 5 heteroatoms. The Labute approximate surface area is 126 Å². The number of carbonyl (C=O) groups is 1.